The Morgan fingerprint density at radius 1 is 1.24 bits per heavy atom. The van der Waals surface area contributed by atoms with E-state index in [0.29, 0.717) is 6.54 Å². The van der Waals surface area contributed by atoms with Gasteiger partial charge in [0.15, 0.2) is 5.82 Å². The quantitative estimate of drug-likeness (QED) is 0.784. The molecule has 3 rings (SSSR count). The van der Waals surface area contributed by atoms with Crippen LogP contribution in [0.1, 0.15) is 42.5 Å². The number of aliphatic hydroxyl groups is 1. The Morgan fingerprint density at radius 2 is 2.08 bits per heavy atom. The van der Waals surface area contributed by atoms with Crippen molar-refractivity contribution in [3.05, 3.63) is 47.5 Å². The number of likely N-dealkylation sites (tertiary alicyclic amines) is 1. The number of thioether (sulfide) groups is 1. The van der Waals surface area contributed by atoms with Crippen molar-refractivity contribution in [3.63, 3.8) is 0 Å². The molecule has 1 aliphatic heterocycles. The number of hydrogen-bond acceptors (Lipinski definition) is 5. The van der Waals surface area contributed by atoms with Crippen molar-refractivity contribution in [1.29, 1.82) is 0 Å². The Labute approximate surface area is 154 Å². The molecule has 1 aromatic heterocycles. The number of hydrogen-bond donors (Lipinski definition) is 1. The van der Waals surface area contributed by atoms with Crippen molar-refractivity contribution in [2.24, 2.45) is 0 Å². The minimum absolute atomic E-state index is 0.101. The van der Waals surface area contributed by atoms with Gasteiger partial charge in [-0.25, -0.2) is 9.67 Å². The number of aliphatic hydroxyl groups excluding tert-OH is 1. The van der Waals surface area contributed by atoms with Crippen molar-refractivity contribution < 1.29 is 5.11 Å². The van der Waals surface area contributed by atoms with E-state index in [-0.39, 0.29) is 12.6 Å². The van der Waals surface area contributed by atoms with E-state index in [2.05, 4.69) is 46.6 Å². The Balaban J connectivity index is 1.82. The lowest BCUT2D eigenvalue weighted by Gasteiger charge is -2.35. The topological polar surface area (TPSA) is 54.2 Å². The second-order valence-corrected chi connectivity index (χ2v) is 7.53. The van der Waals surface area contributed by atoms with Crippen LogP contribution in [-0.2, 0) is 19.5 Å². The van der Waals surface area contributed by atoms with Crippen LogP contribution in [0.15, 0.2) is 30.3 Å². The monoisotopic (exact) mass is 360 g/mol. The molecule has 0 saturated carbocycles. The van der Waals surface area contributed by atoms with Crippen molar-refractivity contribution in [3.8, 4) is 0 Å². The average Bonchev–Trinajstić information content (AvgIpc) is 3.04. The van der Waals surface area contributed by atoms with E-state index in [1.54, 1.807) is 0 Å². The van der Waals surface area contributed by atoms with Crippen LogP contribution >= 0.6 is 11.8 Å². The summed E-state index contributed by atoms with van der Waals surface area (Å²) in [6, 6.07) is 10.9. The van der Waals surface area contributed by atoms with Crippen LogP contribution in [0.2, 0.25) is 0 Å². The maximum absolute atomic E-state index is 9.42. The van der Waals surface area contributed by atoms with Crippen LogP contribution in [-0.4, -0.2) is 49.9 Å². The van der Waals surface area contributed by atoms with Crippen molar-refractivity contribution in [2.75, 3.05) is 25.2 Å². The fourth-order valence-electron chi connectivity index (χ4n) is 3.50. The van der Waals surface area contributed by atoms with E-state index in [4.69, 9.17) is 4.98 Å². The van der Waals surface area contributed by atoms with Gasteiger partial charge in [-0.2, -0.15) is 16.9 Å². The van der Waals surface area contributed by atoms with Crippen LogP contribution in [0, 0.1) is 0 Å². The maximum Gasteiger partial charge on any atom is 0.151 e. The Morgan fingerprint density at radius 3 is 2.84 bits per heavy atom. The lowest BCUT2D eigenvalue weighted by atomic mass is 10.0. The van der Waals surface area contributed by atoms with Gasteiger partial charge in [0.05, 0.1) is 19.2 Å². The van der Waals surface area contributed by atoms with Crippen LogP contribution in [0.4, 0.5) is 0 Å². The Bertz CT molecular complexity index is 646. The van der Waals surface area contributed by atoms with E-state index in [0.717, 1.165) is 43.3 Å². The van der Waals surface area contributed by atoms with Crippen LogP contribution in [0.3, 0.4) is 0 Å². The first kappa shape index (κ1) is 18.4. The molecule has 0 amide bonds. The normalized spacial score (nSPS) is 18.6. The van der Waals surface area contributed by atoms with Crippen molar-refractivity contribution in [1.82, 2.24) is 19.7 Å². The third-order valence-corrected chi connectivity index (χ3v) is 5.34. The summed E-state index contributed by atoms with van der Waals surface area (Å²) in [6.07, 6.45) is 6.56. The Hall–Kier alpha value is -1.37. The fourth-order valence-corrected chi connectivity index (χ4v) is 3.89. The van der Waals surface area contributed by atoms with Gasteiger partial charge in [0.1, 0.15) is 5.82 Å². The molecule has 0 bridgehead atoms. The second kappa shape index (κ2) is 9.36. The van der Waals surface area contributed by atoms with Crippen LogP contribution < -0.4 is 0 Å². The smallest absolute Gasteiger partial charge is 0.151 e. The molecule has 136 valence electrons. The van der Waals surface area contributed by atoms with Crippen LogP contribution in [0.5, 0.6) is 0 Å². The van der Waals surface area contributed by atoms with Gasteiger partial charge in [-0.05, 0) is 31.2 Å². The maximum atomic E-state index is 9.42. The number of aryl methyl sites for hydroxylation is 1. The predicted octanol–water partition coefficient (Wildman–Crippen LogP) is 2.90. The van der Waals surface area contributed by atoms with E-state index < -0.39 is 0 Å². The lowest BCUT2D eigenvalue weighted by Crippen LogP contribution is -2.35. The molecule has 6 heteroatoms. The molecule has 1 saturated heterocycles. The SMILES string of the molecule is CSCCc1nc([C@@H]2CCCCN2Cc2ccccc2)n(CCO)n1. The zero-order valence-electron chi connectivity index (χ0n) is 15.0. The highest BCUT2D eigenvalue weighted by Gasteiger charge is 2.28. The zero-order chi connectivity index (χ0) is 17.5. The molecule has 5 nitrogen and oxygen atoms in total. The predicted molar refractivity (Wildman–Crippen MR) is 103 cm³/mol. The summed E-state index contributed by atoms with van der Waals surface area (Å²) < 4.78 is 1.93. The van der Waals surface area contributed by atoms with E-state index >= 15 is 0 Å². The molecule has 2 aromatic rings. The van der Waals surface area contributed by atoms with Crippen molar-refractivity contribution >= 4 is 11.8 Å². The molecule has 2 heterocycles. The first-order valence-electron chi connectivity index (χ1n) is 9.13. The Kier molecular flexibility index (Phi) is 6.90. The van der Waals surface area contributed by atoms with Gasteiger partial charge in [0, 0.05) is 18.7 Å². The number of nitrogens with zero attached hydrogens (tertiary/aromatic N) is 4. The molecule has 1 N–H and O–H groups in total. The largest absolute Gasteiger partial charge is 0.394 e. The summed E-state index contributed by atoms with van der Waals surface area (Å²) in [5, 5.41) is 14.1. The van der Waals surface area contributed by atoms with Gasteiger partial charge >= 0.3 is 0 Å². The molecular formula is C19H28N4OS. The molecule has 0 aliphatic carbocycles. The molecular weight excluding hydrogens is 332 g/mol. The molecule has 0 spiro atoms. The summed E-state index contributed by atoms with van der Waals surface area (Å²) in [4.78, 5) is 7.39. The molecule has 25 heavy (non-hydrogen) atoms. The molecule has 1 fully saturated rings. The highest BCUT2D eigenvalue weighted by molar-refractivity contribution is 7.98. The summed E-state index contributed by atoms with van der Waals surface area (Å²) in [7, 11) is 0. The van der Waals surface area contributed by atoms with Gasteiger partial charge in [0.2, 0.25) is 0 Å². The molecule has 0 radical (unpaired) electrons. The van der Waals surface area contributed by atoms with E-state index in [1.807, 2.05) is 16.4 Å². The summed E-state index contributed by atoms with van der Waals surface area (Å²) >= 11 is 1.81. The molecule has 1 aromatic carbocycles. The second-order valence-electron chi connectivity index (χ2n) is 6.54. The third kappa shape index (κ3) is 4.84. The average molecular weight is 361 g/mol. The minimum atomic E-state index is 0.101. The standard InChI is InChI=1S/C19H28N4OS/c1-25-14-10-18-20-19(23(21-18)12-13-24)17-9-5-6-11-22(17)15-16-7-3-2-4-8-16/h2-4,7-8,17,24H,5-6,9-15H2,1H3/t17-/m0/s1. The van der Waals surface area contributed by atoms with Gasteiger partial charge in [-0.3, -0.25) is 4.90 Å². The summed E-state index contributed by atoms with van der Waals surface area (Å²) in [5.41, 5.74) is 1.34. The van der Waals surface area contributed by atoms with Gasteiger partial charge in [0.25, 0.3) is 0 Å². The minimum Gasteiger partial charge on any atom is -0.394 e. The van der Waals surface area contributed by atoms with Gasteiger partial charge in [-0.15, -0.1) is 0 Å². The van der Waals surface area contributed by atoms with E-state index in [9.17, 15) is 5.11 Å². The van der Waals surface area contributed by atoms with Gasteiger partial charge < -0.3 is 5.11 Å². The highest BCUT2D eigenvalue weighted by atomic mass is 32.2. The number of benzene rings is 1. The van der Waals surface area contributed by atoms with Crippen LogP contribution in [0.25, 0.3) is 0 Å². The fraction of sp³-hybridized carbons (Fsp3) is 0.579. The highest BCUT2D eigenvalue weighted by Crippen LogP contribution is 2.31. The van der Waals surface area contributed by atoms with Crippen molar-refractivity contribution in [2.45, 2.75) is 44.8 Å². The molecule has 1 aliphatic rings. The third-order valence-electron chi connectivity index (χ3n) is 4.73. The number of piperidine rings is 1. The van der Waals surface area contributed by atoms with Gasteiger partial charge in [-0.1, -0.05) is 36.8 Å². The number of aromatic nitrogens is 3. The first-order chi connectivity index (χ1) is 12.3. The zero-order valence-corrected chi connectivity index (χ0v) is 15.8. The lowest BCUT2D eigenvalue weighted by molar-refractivity contribution is 0.128. The summed E-state index contributed by atoms with van der Waals surface area (Å²) in [6.45, 7) is 2.66. The molecule has 0 unspecified atom stereocenters. The summed E-state index contributed by atoms with van der Waals surface area (Å²) in [5.74, 6) is 2.96. The first-order valence-corrected chi connectivity index (χ1v) is 10.5. The van der Waals surface area contributed by atoms with E-state index in [1.165, 1.54) is 18.4 Å². The number of rotatable bonds is 8. The molecule has 1 atom stereocenters.